The first-order chi connectivity index (χ1) is 11.3. The molecule has 0 spiro atoms. The maximum Gasteiger partial charge on any atom is 0.337 e. The van der Waals surface area contributed by atoms with E-state index >= 15 is 0 Å². The van der Waals surface area contributed by atoms with Gasteiger partial charge in [-0.25, -0.2) is 13.2 Å². The summed E-state index contributed by atoms with van der Waals surface area (Å²) in [7, 11) is -2.34. The summed E-state index contributed by atoms with van der Waals surface area (Å²) in [6.45, 7) is 1.92. The van der Waals surface area contributed by atoms with E-state index in [4.69, 9.17) is 4.74 Å². The van der Waals surface area contributed by atoms with Crippen molar-refractivity contribution >= 4 is 21.9 Å². The van der Waals surface area contributed by atoms with Gasteiger partial charge in [0, 0.05) is 6.26 Å². The fourth-order valence-electron chi connectivity index (χ4n) is 2.09. The average molecular weight is 346 g/mol. The molecule has 0 heterocycles. The van der Waals surface area contributed by atoms with Crippen molar-refractivity contribution in [2.75, 3.05) is 13.4 Å². The maximum atomic E-state index is 12.0. The molecular weight excluding hydrogens is 328 g/mol. The topological polar surface area (TPSA) is 69.7 Å². The first-order valence-corrected chi connectivity index (χ1v) is 9.07. The third-order valence-electron chi connectivity index (χ3n) is 3.23. The SMILES string of the molecule is C/C=C/c1ccc(Oc2ccc(C(=O)OC)cc2S(C)(=O)=O)cc1. The van der Waals surface area contributed by atoms with E-state index in [1.54, 1.807) is 12.1 Å². The molecule has 24 heavy (non-hydrogen) atoms. The highest BCUT2D eigenvalue weighted by Gasteiger charge is 2.18. The first kappa shape index (κ1) is 17.7. The number of benzene rings is 2. The summed E-state index contributed by atoms with van der Waals surface area (Å²) in [5.74, 6) is 0.0464. The Morgan fingerprint density at radius 1 is 1.08 bits per heavy atom. The third kappa shape index (κ3) is 4.23. The van der Waals surface area contributed by atoms with Gasteiger partial charge in [-0.05, 0) is 42.8 Å². The van der Waals surface area contributed by atoms with Gasteiger partial charge < -0.3 is 9.47 Å². The summed E-state index contributed by atoms with van der Waals surface area (Å²) < 4.78 is 34.3. The van der Waals surface area contributed by atoms with Crippen LogP contribution in [0.5, 0.6) is 11.5 Å². The molecule has 0 aliphatic heterocycles. The van der Waals surface area contributed by atoms with Gasteiger partial charge in [-0.1, -0.05) is 24.3 Å². The van der Waals surface area contributed by atoms with Crippen LogP contribution in [-0.4, -0.2) is 27.8 Å². The van der Waals surface area contributed by atoms with E-state index in [0.29, 0.717) is 5.75 Å². The molecule has 0 fully saturated rings. The largest absolute Gasteiger partial charge is 0.465 e. The van der Waals surface area contributed by atoms with Gasteiger partial charge in [-0.15, -0.1) is 0 Å². The first-order valence-electron chi connectivity index (χ1n) is 7.18. The quantitative estimate of drug-likeness (QED) is 0.772. The second-order valence-corrected chi connectivity index (χ2v) is 7.08. The van der Waals surface area contributed by atoms with Crippen LogP contribution < -0.4 is 4.74 Å². The highest BCUT2D eigenvalue weighted by molar-refractivity contribution is 7.90. The number of carbonyl (C=O) groups is 1. The number of rotatable bonds is 5. The third-order valence-corrected chi connectivity index (χ3v) is 4.35. The van der Waals surface area contributed by atoms with E-state index in [-0.39, 0.29) is 16.2 Å². The molecule has 5 nitrogen and oxygen atoms in total. The van der Waals surface area contributed by atoms with Gasteiger partial charge in [-0.2, -0.15) is 0 Å². The van der Waals surface area contributed by atoms with Crippen molar-refractivity contribution in [2.45, 2.75) is 11.8 Å². The van der Waals surface area contributed by atoms with Crippen molar-refractivity contribution in [2.24, 2.45) is 0 Å². The minimum Gasteiger partial charge on any atom is -0.465 e. The zero-order valence-electron chi connectivity index (χ0n) is 13.6. The lowest BCUT2D eigenvalue weighted by Gasteiger charge is -2.11. The van der Waals surface area contributed by atoms with E-state index in [1.807, 2.05) is 31.2 Å². The Hall–Kier alpha value is -2.60. The lowest BCUT2D eigenvalue weighted by atomic mass is 10.2. The lowest BCUT2D eigenvalue weighted by Crippen LogP contribution is -2.06. The molecule has 0 amide bonds. The molecule has 0 bridgehead atoms. The van der Waals surface area contributed by atoms with Gasteiger partial charge >= 0.3 is 5.97 Å². The average Bonchev–Trinajstić information content (AvgIpc) is 2.55. The molecule has 2 rings (SSSR count). The highest BCUT2D eigenvalue weighted by Crippen LogP contribution is 2.30. The summed E-state index contributed by atoms with van der Waals surface area (Å²) in [6.07, 6.45) is 4.92. The second-order valence-electron chi connectivity index (χ2n) is 5.10. The van der Waals surface area contributed by atoms with Gasteiger partial charge in [0.25, 0.3) is 0 Å². The number of carbonyl (C=O) groups excluding carboxylic acids is 1. The van der Waals surface area contributed by atoms with E-state index in [2.05, 4.69) is 4.74 Å². The van der Waals surface area contributed by atoms with Crippen LogP contribution >= 0.6 is 0 Å². The Morgan fingerprint density at radius 2 is 1.75 bits per heavy atom. The van der Waals surface area contributed by atoms with Crippen LogP contribution in [0.25, 0.3) is 6.08 Å². The lowest BCUT2D eigenvalue weighted by molar-refractivity contribution is 0.0600. The Bertz CT molecular complexity index is 865. The van der Waals surface area contributed by atoms with E-state index in [0.717, 1.165) is 11.8 Å². The van der Waals surface area contributed by atoms with Crippen molar-refractivity contribution in [3.05, 3.63) is 59.7 Å². The smallest absolute Gasteiger partial charge is 0.337 e. The van der Waals surface area contributed by atoms with E-state index < -0.39 is 15.8 Å². The summed E-state index contributed by atoms with van der Waals surface area (Å²) in [5, 5.41) is 0. The van der Waals surface area contributed by atoms with Crippen LogP contribution in [0.15, 0.2) is 53.4 Å². The van der Waals surface area contributed by atoms with Gasteiger partial charge in [0.1, 0.15) is 16.4 Å². The normalized spacial score (nSPS) is 11.5. The fourth-order valence-corrected chi connectivity index (χ4v) is 2.91. The Labute approximate surface area is 141 Å². The molecule has 0 unspecified atom stereocenters. The summed E-state index contributed by atoms with van der Waals surface area (Å²) in [6, 6.07) is 11.4. The monoisotopic (exact) mass is 346 g/mol. The highest BCUT2D eigenvalue weighted by atomic mass is 32.2. The molecule has 2 aromatic rings. The van der Waals surface area contributed by atoms with E-state index in [9.17, 15) is 13.2 Å². The molecule has 0 atom stereocenters. The summed E-state index contributed by atoms with van der Waals surface area (Å²) >= 11 is 0. The predicted octanol–water partition coefficient (Wildman–Crippen LogP) is 3.70. The molecule has 0 aliphatic carbocycles. The van der Waals surface area contributed by atoms with Gasteiger partial charge in [0.2, 0.25) is 0 Å². The second kappa shape index (κ2) is 7.31. The summed E-state index contributed by atoms with van der Waals surface area (Å²) in [5.41, 5.74) is 1.16. The zero-order valence-corrected chi connectivity index (χ0v) is 14.5. The van der Waals surface area contributed by atoms with Crippen LogP contribution in [-0.2, 0) is 14.6 Å². The number of hydrogen-bond donors (Lipinski definition) is 0. The van der Waals surface area contributed by atoms with Crippen LogP contribution in [0.4, 0.5) is 0 Å². The molecule has 0 aromatic heterocycles. The summed E-state index contributed by atoms with van der Waals surface area (Å²) in [4.78, 5) is 11.5. The number of sulfone groups is 1. The standard InChI is InChI=1S/C18H18O5S/c1-4-5-13-6-9-15(10-7-13)23-16-11-8-14(18(19)22-2)12-17(16)24(3,20)21/h4-12H,1-3H3/b5-4+. The molecule has 0 saturated carbocycles. The van der Waals surface area contributed by atoms with E-state index in [1.165, 1.54) is 25.3 Å². The van der Waals surface area contributed by atoms with Crippen molar-refractivity contribution in [1.29, 1.82) is 0 Å². The Morgan fingerprint density at radius 3 is 2.29 bits per heavy atom. The van der Waals surface area contributed by atoms with Crippen LogP contribution in [0, 0.1) is 0 Å². The van der Waals surface area contributed by atoms with Gasteiger partial charge in [0.15, 0.2) is 9.84 Å². The van der Waals surface area contributed by atoms with Crippen LogP contribution in [0.1, 0.15) is 22.8 Å². The van der Waals surface area contributed by atoms with Gasteiger partial charge in [0.05, 0.1) is 12.7 Å². The Kier molecular flexibility index (Phi) is 5.41. The van der Waals surface area contributed by atoms with Crippen molar-refractivity contribution < 1.29 is 22.7 Å². The Balaban J connectivity index is 2.40. The minimum atomic E-state index is -3.58. The molecule has 0 aliphatic rings. The maximum absolute atomic E-state index is 12.0. The fraction of sp³-hybridized carbons (Fsp3) is 0.167. The molecule has 6 heteroatoms. The number of hydrogen-bond acceptors (Lipinski definition) is 5. The number of methoxy groups -OCH3 is 1. The number of ether oxygens (including phenoxy) is 2. The predicted molar refractivity (Wildman–Crippen MR) is 92.1 cm³/mol. The molecule has 0 saturated heterocycles. The molecule has 0 N–H and O–H groups in total. The molecule has 0 radical (unpaired) electrons. The van der Waals surface area contributed by atoms with Crippen molar-refractivity contribution in [1.82, 2.24) is 0 Å². The van der Waals surface area contributed by atoms with Crippen LogP contribution in [0.2, 0.25) is 0 Å². The zero-order chi connectivity index (χ0) is 17.7. The number of esters is 1. The van der Waals surface area contributed by atoms with Crippen molar-refractivity contribution in [3.63, 3.8) is 0 Å². The van der Waals surface area contributed by atoms with Gasteiger partial charge in [-0.3, -0.25) is 0 Å². The minimum absolute atomic E-state index is 0.0667. The molecular formula is C18H18O5S. The molecule has 126 valence electrons. The van der Waals surface area contributed by atoms with Crippen LogP contribution in [0.3, 0.4) is 0 Å². The molecule has 2 aromatic carbocycles. The number of allylic oxidation sites excluding steroid dienone is 1. The van der Waals surface area contributed by atoms with Crippen molar-refractivity contribution in [3.8, 4) is 11.5 Å².